The van der Waals surface area contributed by atoms with E-state index in [1.54, 1.807) is 23.9 Å². The predicted molar refractivity (Wildman–Crippen MR) is 123 cm³/mol. The van der Waals surface area contributed by atoms with Crippen molar-refractivity contribution in [3.8, 4) is 5.75 Å². The molecule has 1 fully saturated rings. The van der Waals surface area contributed by atoms with E-state index in [1.807, 2.05) is 19.1 Å². The maximum Gasteiger partial charge on any atom is 0.260 e. The second-order valence-corrected chi connectivity index (χ2v) is 9.63. The average Bonchev–Trinajstić information content (AvgIpc) is 3.24. The van der Waals surface area contributed by atoms with Gasteiger partial charge in [-0.15, -0.1) is 0 Å². The molecule has 1 aliphatic carbocycles. The summed E-state index contributed by atoms with van der Waals surface area (Å²) in [6.45, 7) is 10.9. The maximum absolute atomic E-state index is 12.5. The second kappa shape index (κ2) is 9.67. The van der Waals surface area contributed by atoms with Crippen LogP contribution in [0.25, 0.3) is 0 Å². The van der Waals surface area contributed by atoms with Gasteiger partial charge in [0, 0.05) is 25.1 Å². The summed E-state index contributed by atoms with van der Waals surface area (Å²) in [5.74, 6) is 0.938. The molecule has 0 bridgehead atoms. The van der Waals surface area contributed by atoms with Gasteiger partial charge in [0.25, 0.3) is 11.5 Å². The molecular weight excluding hydrogens is 390 g/mol. The molecule has 1 unspecified atom stereocenters. The lowest BCUT2D eigenvalue weighted by atomic mass is 9.85. The number of aromatic nitrogens is 2. The van der Waals surface area contributed by atoms with Gasteiger partial charge in [-0.05, 0) is 43.7 Å². The highest BCUT2D eigenvalue weighted by Gasteiger charge is 2.23. The SMILES string of the molecule is Cc1ccc(OC(C)C(=O)NCCn2cnc(C3CCCC3)cc2=O)c(C(C)(C)C)c1. The van der Waals surface area contributed by atoms with Gasteiger partial charge in [-0.3, -0.25) is 14.2 Å². The molecule has 168 valence electrons. The lowest BCUT2D eigenvalue weighted by Gasteiger charge is -2.25. The van der Waals surface area contributed by atoms with Crippen LogP contribution in [-0.4, -0.2) is 28.1 Å². The van der Waals surface area contributed by atoms with Gasteiger partial charge < -0.3 is 10.1 Å². The monoisotopic (exact) mass is 425 g/mol. The second-order valence-electron chi connectivity index (χ2n) is 9.63. The maximum atomic E-state index is 12.5. The van der Waals surface area contributed by atoms with Crippen molar-refractivity contribution in [3.05, 3.63) is 57.8 Å². The minimum absolute atomic E-state index is 0.0649. The van der Waals surface area contributed by atoms with Crippen molar-refractivity contribution in [2.45, 2.75) is 84.3 Å². The number of rotatable bonds is 7. The van der Waals surface area contributed by atoms with E-state index in [1.165, 1.54) is 12.8 Å². The molecule has 2 aromatic rings. The highest BCUT2D eigenvalue weighted by molar-refractivity contribution is 5.80. The van der Waals surface area contributed by atoms with Crippen LogP contribution in [0.3, 0.4) is 0 Å². The molecule has 0 aliphatic heterocycles. The largest absolute Gasteiger partial charge is 0.481 e. The van der Waals surface area contributed by atoms with E-state index in [9.17, 15) is 9.59 Å². The Balaban J connectivity index is 1.55. The number of hydrogen-bond donors (Lipinski definition) is 1. The van der Waals surface area contributed by atoms with Gasteiger partial charge in [0.1, 0.15) is 5.75 Å². The van der Waals surface area contributed by atoms with Crippen LogP contribution in [0.1, 0.15) is 76.1 Å². The van der Waals surface area contributed by atoms with Gasteiger partial charge in [-0.25, -0.2) is 4.98 Å². The van der Waals surface area contributed by atoms with Crippen LogP contribution in [0.4, 0.5) is 0 Å². The summed E-state index contributed by atoms with van der Waals surface area (Å²) in [4.78, 5) is 29.4. The van der Waals surface area contributed by atoms with Gasteiger partial charge in [0.05, 0.1) is 12.0 Å². The smallest absolute Gasteiger partial charge is 0.260 e. The fraction of sp³-hybridized carbons (Fsp3) is 0.560. The Kier molecular flexibility index (Phi) is 7.19. The summed E-state index contributed by atoms with van der Waals surface area (Å²) in [6.07, 6.45) is 5.61. The number of hydrogen-bond acceptors (Lipinski definition) is 4. The van der Waals surface area contributed by atoms with Crippen molar-refractivity contribution < 1.29 is 9.53 Å². The predicted octanol–water partition coefficient (Wildman–Crippen LogP) is 4.09. The Bertz CT molecular complexity index is 969. The number of carbonyl (C=O) groups excluding carboxylic acids is 1. The first kappa shape index (κ1) is 23.0. The lowest BCUT2D eigenvalue weighted by Crippen LogP contribution is -2.39. The molecule has 0 radical (unpaired) electrons. The van der Waals surface area contributed by atoms with E-state index in [0.717, 1.165) is 35.4 Å². The fourth-order valence-electron chi connectivity index (χ4n) is 4.07. The normalized spacial score (nSPS) is 15.6. The Morgan fingerprint density at radius 1 is 1.26 bits per heavy atom. The van der Waals surface area contributed by atoms with Crippen LogP contribution in [0.5, 0.6) is 5.75 Å². The molecule has 1 amide bonds. The molecule has 1 aliphatic rings. The van der Waals surface area contributed by atoms with E-state index < -0.39 is 6.10 Å². The minimum Gasteiger partial charge on any atom is -0.481 e. The first-order chi connectivity index (χ1) is 14.6. The van der Waals surface area contributed by atoms with Crippen molar-refractivity contribution in [3.63, 3.8) is 0 Å². The molecule has 6 nitrogen and oxygen atoms in total. The van der Waals surface area contributed by atoms with Crippen LogP contribution in [0, 0.1) is 6.92 Å². The molecule has 31 heavy (non-hydrogen) atoms. The van der Waals surface area contributed by atoms with Crippen molar-refractivity contribution in [1.82, 2.24) is 14.9 Å². The summed E-state index contributed by atoms with van der Waals surface area (Å²) in [7, 11) is 0. The Morgan fingerprint density at radius 3 is 2.61 bits per heavy atom. The number of carbonyl (C=O) groups is 1. The van der Waals surface area contributed by atoms with Crippen LogP contribution in [0.15, 0.2) is 35.4 Å². The summed E-state index contributed by atoms with van der Waals surface area (Å²) in [5, 5.41) is 2.87. The molecule has 1 atom stereocenters. The van der Waals surface area contributed by atoms with Crippen LogP contribution in [0.2, 0.25) is 0 Å². The zero-order chi connectivity index (χ0) is 22.6. The van der Waals surface area contributed by atoms with Gasteiger partial charge in [-0.2, -0.15) is 0 Å². The molecule has 1 aromatic carbocycles. The van der Waals surface area contributed by atoms with Crippen LogP contribution in [-0.2, 0) is 16.8 Å². The van der Waals surface area contributed by atoms with E-state index in [2.05, 4.69) is 37.1 Å². The molecule has 1 aromatic heterocycles. The van der Waals surface area contributed by atoms with Crippen molar-refractivity contribution in [2.75, 3.05) is 6.54 Å². The number of aryl methyl sites for hydroxylation is 1. The number of benzene rings is 1. The summed E-state index contributed by atoms with van der Waals surface area (Å²) in [5.41, 5.74) is 2.98. The van der Waals surface area contributed by atoms with Crippen molar-refractivity contribution in [1.29, 1.82) is 0 Å². The minimum atomic E-state index is -0.636. The van der Waals surface area contributed by atoms with Crippen LogP contribution >= 0.6 is 0 Å². The first-order valence-corrected chi connectivity index (χ1v) is 11.3. The van der Waals surface area contributed by atoms with E-state index in [-0.39, 0.29) is 16.9 Å². The summed E-state index contributed by atoms with van der Waals surface area (Å²) in [6, 6.07) is 7.67. The molecule has 0 spiro atoms. The lowest BCUT2D eigenvalue weighted by molar-refractivity contribution is -0.127. The number of nitrogens with zero attached hydrogens (tertiary/aromatic N) is 2. The summed E-state index contributed by atoms with van der Waals surface area (Å²) >= 11 is 0. The zero-order valence-corrected chi connectivity index (χ0v) is 19.4. The quantitative estimate of drug-likeness (QED) is 0.725. The molecule has 1 N–H and O–H groups in total. The highest BCUT2D eigenvalue weighted by Crippen LogP contribution is 2.33. The number of nitrogens with one attached hydrogen (secondary N) is 1. The molecule has 6 heteroatoms. The Morgan fingerprint density at radius 2 is 1.97 bits per heavy atom. The van der Waals surface area contributed by atoms with Gasteiger partial charge in [0.15, 0.2) is 6.10 Å². The number of amides is 1. The Hall–Kier alpha value is -2.63. The standard InChI is InChI=1S/C25H35N3O3/c1-17-10-11-22(20(14-17)25(3,4)5)31-18(2)24(30)26-12-13-28-16-27-21(15-23(28)29)19-8-6-7-9-19/h10-11,14-16,18-19H,6-9,12-13H2,1-5H3,(H,26,30). The van der Waals surface area contributed by atoms with E-state index in [4.69, 9.17) is 4.74 Å². The van der Waals surface area contributed by atoms with Crippen molar-refractivity contribution in [2.24, 2.45) is 0 Å². The molecule has 0 saturated heterocycles. The Labute approximate surface area is 185 Å². The summed E-state index contributed by atoms with van der Waals surface area (Å²) < 4.78 is 7.54. The topological polar surface area (TPSA) is 73.2 Å². The van der Waals surface area contributed by atoms with Gasteiger partial charge >= 0.3 is 0 Å². The molecule has 1 heterocycles. The molecule has 1 saturated carbocycles. The highest BCUT2D eigenvalue weighted by atomic mass is 16.5. The zero-order valence-electron chi connectivity index (χ0n) is 19.4. The molecule has 3 rings (SSSR count). The van der Waals surface area contributed by atoms with E-state index >= 15 is 0 Å². The van der Waals surface area contributed by atoms with Crippen LogP contribution < -0.4 is 15.6 Å². The van der Waals surface area contributed by atoms with Gasteiger partial charge in [0.2, 0.25) is 0 Å². The molecular formula is C25H35N3O3. The third-order valence-electron chi connectivity index (χ3n) is 5.94. The number of ether oxygens (including phenoxy) is 1. The third-order valence-corrected chi connectivity index (χ3v) is 5.94. The van der Waals surface area contributed by atoms with Crippen molar-refractivity contribution >= 4 is 5.91 Å². The average molecular weight is 426 g/mol. The fourth-order valence-corrected chi connectivity index (χ4v) is 4.07. The van der Waals surface area contributed by atoms with E-state index in [0.29, 0.717) is 19.0 Å². The first-order valence-electron chi connectivity index (χ1n) is 11.3. The third kappa shape index (κ3) is 5.96. The van der Waals surface area contributed by atoms with Gasteiger partial charge in [-0.1, -0.05) is 51.3 Å².